The molecule has 0 spiro atoms. The standard InChI is InChI=1S/C17H23N3O3/c1-3-4-5-13(11-21)18-17(22)16-10-15(19-20-16)12-6-8-14(23-2)9-7-12/h6-10,13,21H,3-5,11H2,1-2H3,(H,18,22)(H,19,20). The summed E-state index contributed by atoms with van der Waals surface area (Å²) in [4.78, 5) is 12.2. The normalized spacial score (nSPS) is 12.0. The van der Waals surface area contributed by atoms with Crippen molar-refractivity contribution in [2.24, 2.45) is 0 Å². The summed E-state index contributed by atoms with van der Waals surface area (Å²) in [5, 5.41) is 19.1. The van der Waals surface area contributed by atoms with Crippen LogP contribution in [0.3, 0.4) is 0 Å². The fourth-order valence-corrected chi connectivity index (χ4v) is 2.27. The van der Waals surface area contributed by atoms with Gasteiger partial charge in [0.15, 0.2) is 0 Å². The number of carbonyl (C=O) groups is 1. The van der Waals surface area contributed by atoms with Crippen LogP contribution in [-0.2, 0) is 0 Å². The van der Waals surface area contributed by atoms with Crippen LogP contribution in [0.2, 0.25) is 0 Å². The van der Waals surface area contributed by atoms with Crippen molar-refractivity contribution in [2.45, 2.75) is 32.2 Å². The van der Waals surface area contributed by atoms with E-state index in [1.54, 1.807) is 13.2 Å². The molecule has 3 N–H and O–H groups in total. The molecule has 1 aromatic carbocycles. The second-order valence-electron chi connectivity index (χ2n) is 5.39. The Morgan fingerprint density at radius 1 is 1.39 bits per heavy atom. The zero-order valence-electron chi connectivity index (χ0n) is 13.5. The molecule has 124 valence electrons. The number of nitrogens with one attached hydrogen (secondary N) is 2. The Labute approximate surface area is 135 Å². The Bertz CT molecular complexity index is 622. The molecule has 1 atom stereocenters. The molecular weight excluding hydrogens is 294 g/mol. The van der Waals surface area contributed by atoms with E-state index in [0.717, 1.165) is 30.6 Å². The molecule has 1 amide bonds. The number of aliphatic hydroxyl groups excluding tert-OH is 1. The van der Waals surface area contributed by atoms with Crippen molar-refractivity contribution < 1.29 is 14.6 Å². The number of amides is 1. The molecule has 0 aliphatic heterocycles. The molecule has 1 aromatic heterocycles. The van der Waals surface area contributed by atoms with Crippen LogP contribution in [0.15, 0.2) is 30.3 Å². The van der Waals surface area contributed by atoms with E-state index in [9.17, 15) is 9.90 Å². The second-order valence-corrected chi connectivity index (χ2v) is 5.39. The molecule has 1 unspecified atom stereocenters. The summed E-state index contributed by atoms with van der Waals surface area (Å²) in [6.45, 7) is 2.01. The molecule has 0 radical (unpaired) electrons. The van der Waals surface area contributed by atoms with Crippen molar-refractivity contribution in [1.29, 1.82) is 0 Å². The summed E-state index contributed by atoms with van der Waals surface area (Å²) in [6.07, 6.45) is 2.75. The molecule has 6 heteroatoms. The van der Waals surface area contributed by atoms with E-state index in [1.165, 1.54) is 0 Å². The average Bonchev–Trinajstić information content (AvgIpc) is 3.08. The van der Waals surface area contributed by atoms with Gasteiger partial charge in [0.2, 0.25) is 0 Å². The topological polar surface area (TPSA) is 87.2 Å². The number of rotatable bonds is 8. The Morgan fingerprint density at radius 3 is 2.74 bits per heavy atom. The predicted molar refractivity (Wildman–Crippen MR) is 88.4 cm³/mol. The predicted octanol–water partition coefficient (Wildman–Crippen LogP) is 2.37. The number of benzene rings is 1. The number of carbonyl (C=O) groups excluding carboxylic acids is 1. The van der Waals surface area contributed by atoms with Crippen molar-refractivity contribution in [3.05, 3.63) is 36.0 Å². The van der Waals surface area contributed by atoms with Crippen LogP contribution in [0.4, 0.5) is 0 Å². The number of hydrogen-bond donors (Lipinski definition) is 3. The van der Waals surface area contributed by atoms with Gasteiger partial charge >= 0.3 is 0 Å². The maximum Gasteiger partial charge on any atom is 0.269 e. The van der Waals surface area contributed by atoms with Crippen LogP contribution in [0.1, 0.15) is 36.7 Å². The van der Waals surface area contributed by atoms with Crippen LogP contribution in [0.25, 0.3) is 11.3 Å². The zero-order valence-corrected chi connectivity index (χ0v) is 13.5. The third-order valence-electron chi connectivity index (χ3n) is 3.67. The molecule has 6 nitrogen and oxygen atoms in total. The lowest BCUT2D eigenvalue weighted by Crippen LogP contribution is -2.37. The van der Waals surface area contributed by atoms with Crippen LogP contribution >= 0.6 is 0 Å². The number of aliphatic hydroxyl groups is 1. The maximum absolute atomic E-state index is 12.2. The van der Waals surface area contributed by atoms with E-state index >= 15 is 0 Å². The number of ether oxygens (including phenoxy) is 1. The van der Waals surface area contributed by atoms with E-state index in [-0.39, 0.29) is 18.6 Å². The molecule has 1 heterocycles. The quantitative estimate of drug-likeness (QED) is 0.697. The Morgan fingerprint density at radius 2 is 2.13 bits per heavy atom. The first-order chi connectivity index (χ1) is 11.2. The van der Waals surface area contributed by atoms with Gasteiger partial charge in [0, 0.05) is 5.56 Å². The minimum absolute atomic E-state index is 0.0643. The highest BCUT2D eigenvalue weighted by molar-refractivity contribution is 5.93. The summed E-state index contributed by atoms with van der Waals surface area (Å²) < 4.78 is 5.12. The minimum atomic E-state index is -0.257. The average molecular weight is 317 g/mol. The molecule has 0 fully saturated rings. The molecule has 0 saturated heterocycles. The van der Waals surface area contributed by atoms with Gasteiger partial charge in [-0.25, -0.2) is 0 Å². The second kappa shape index (κ2) is 8.33. The summed E-state index contributed by atoms with van der Waals surface area (Å²) >= 11 is 0. The van der Waals surface area contributed by atoms with Gasteiger partial charge in [-0.15, -0.1) is 0 Å². The van der Waals surface area contributed by atoms with Crippen molar-refractivity contribution in [3.63, 3.8) is 0 Å². The molecule has 0 saturated carbocycles. The number of aromatic nitrogens is 2. The summed E-state index contributed by atoms with van der Waals surface area (Å²) in [7, 11) is 1.61. The lowest BCUT2D eigenvalue weighted by molar-refractivity contribution is 0.0907. The number of hydrogen-bond acceptors (Lipinski definition) is 4. The van der Waals surface area contributed by atoms with Crippen molar-refractivity contribution in [3.8, 4) is 17.0 Å². The van der Waals surface area contributed by atoms with Crippen LogP contribution in [0.5, 0.6) is 5.75 Å². The smallest absolute Gasteiger partial charge is 0.269 e. The van der Waals surface area contributed by atoms with Gasteiger partial charge in [-0.3, -0.25) is 9.89 Å². The first-order valence-electron chi connectivity index (χ1n) is 7.79. The Balaban J connectivity index is 2.03. The van der Waals surface area contributed by atoms with Crippen LogP contribution in [-0.4, -0.2) is 41.0 Å². The Hall–Kier alpha value is -2.34. The SMILES string of the molecule is CCCCC(CO)NC(=O)c1cc(-c2ccc(OC)cc2)n[nH]1. The van der Waals surface area contributed by atoms with Gasteiger partial charge in [-0.05, 0) is 36.8 Å². The molecule has 23 heavy (non-hydrogen) atoms. The summed E-state index contributed by atoms with van der Waals surface area (Å²) in [6, 6.07) is 8.93. The molecule has 2 rings (SSSR count). The first kappa shape index (κ1) is 17.0. The van der Waals surface area contributed by atoms with E-state index in [0.29, 0.717) is 11.4 Å². The van der Waals surface area contributed by atoms with E-state index in [2.05, 4.69) is 22.4 Å². The summed E-state index contributed by atoms with van der Waals surface area (Å²) in [5.41, 5.74) is 1.96. The van der Waals surface area contributed by atoms with Crippen molar-refractivity contribution in [2.75, 3.05) is 13.7 Å². The summed E-state index contributed by atoms with van der Waals surface area (Å²) in [5.74, 6) is 0.511. The largest absolute Gasteiger partial charge is 0.497 e. The van der Waals surface area contributed by atoms with Gasteiger partial charge in [-0.1, -0.05) is 19.8 Å². The van der Waals surface area contributed by atoms with Crippen LogP contribution in [0, 0.1) is 0 Å². The number of H-pyrrole nitrogens is 1. The van der Waals surface area contributed by atoms with E-state index in [4.69, 9.17) is 4.74 Å². The number of unbranched alkanes of at least 4 members (excludes halogenated alkanes) is 1. The Kier molecular flexibility index (Phi) is 6.17. The monoisotopic (exact) mass is 317 g/mol. The minimum Gasteiger partial charge on any atom is -0.497 e. The highest BCUT2D eigenvalue weighted by Gasteiger charge is 2.15. The fourth-order valence-electron chi connectivity index (χ4n) is 2.27. The fraction of sp³-hybridized carbons (Fsp3) is 0.412. The van der Waals surface area contributed by atoms with E-state index < -0.39 is 0 Å². The molecule has 0 bridgehead atoms. The van der Waals surface area contributed by atoms with Gasteiger partial charge < -0.3 is 15.2 Å². The number of aromatic amines is 1. The number of methoxy groups -OCH3 is 1. The van der Waals surface area contributed by atoms with Gasteiger partial charge in [-0.2, -0.15) is 5.10 Å². The molecular formula is C17H23N3O3. The highest BCUT2D eigenvalue weighted by atomic mass is 16.5. The van der Waals surface area contributed by atoms with E-state index in [1.807, 2.05) is 24.3 Å². The lowest BCUT2D eigenvalue weighted by Gasteiger charge is -2.14. The highest BCUT2D eigenvalue weighted by Crippen LogP contribution is 2.21. The maximum atomic E-state index is 12.2. The van der Waals surface area contributed by atoms with Gasteiger partial charge in [0.05, 0.1) is 25.5 Å². The van der Waals surface area contributed by atoms with Crippen molar-refractivity contribution >= 4 is 5.91 Å². The number of nitrogens with zero attached hydrogens (tertiary/aromatic N) is 1. The first-order valence-corrected chi connectivity index (χ1v) is 7.79. The zero-order chi connectivity index (χ0) is 16.7. The van der Waals surface area contributed by atoms with Crippen LogP contribution < -0.4 is 10.1 Å². The van der Waals surface area contributed by atoms with Crippen molar-refractivity contribution in [1.82, 2.24) is 15.5 Å². The third-order valence-corrected chi connectivity index (χ3v) is 3.67. The van der Waals surface area contributed by atoms with Gasteiger partial charge in [0.1, 0.15) is 11.4 Å². The molecule has 0 aliphatic carbocycles. The lowest BCUT2D eigenvalue weighted by atomic mass is 10.1. The molecule has 0 aliphatic rings. The van der Waals surface area contributed by atoms with Gasteiger partial charge in [0.25, 0.3) is 5.91 Å². The third kappa shape index (κ3) is 4.56. The molecule has 2 aromatic rings.